The monoisotopic (exact) mass is 703 g/mol. The van der Waals surface area contributed by atoms with E-state index in [1.807, 2.05) is 0 Å². The minimum Gasteiger partial charge on any atom is -1.00 e. The molecule has 0 amide bonds. The second-order valence-corrected chi connectivity index (χ2v) is 15.1. The molecule has 0 heterocycles. The molecule has 0 saturated heterocycles. The Morgan fingerprint density at radius 1 is 0.667 bits per heavy atom. The summed E-state index contributed by atoms with van der Waals surface area (Å²) in [5, 5.41) is 2.63. The van der Waals surface area contributed by atoms with Gasteiger partial charge in [-0.1, -0.05) is 20.8 Å². The van der Waals surface area contributed by atoms with E-state index in [0.717, 1.165) is 0 Å². The van der Waals surface area contributed by atoms with Crippen molar-refractivity contribution in [1.82, 2.24) is 0 Å². The summed E-state index contributed by atoms with van der Waals surface area (Å²) in [6, 6.07) is 38.9. The van der Waals surface area contributed by atoms with Gasteiger partial charge in [0, 0.05) is 0 Å². The van der Waals surface area contributed by atoms with Crippen LogP contribution in [0.5, 0.6) is 0 Å². The summed E-state index contributed by atoms with van der Waals surface area (Å²) in [7, 11) is 0. The van der Waals surface area contributed by atoms with Crippen molar-refractivity contribution in [1.29, 1.82) is 0 Å². The van der Waals surface area contributed by atoms with Gasteiger partial charge in [0.05, 0.1) is 0 Å². The molecular weight excluding hydrogens is 667 g/mol. The van der Waals surface area contributed by atoms with Crippen LogP contribution in [0.4, 0.5) is 0 Å². The maximum Gasteiger partial charge on any atom is -1.00 e. The summed E-state index contributed by atoms with van der Waals surface area (Å²) in [5.41, 5.74) is 17.4. The van der Waals surface area contributed by atoms with Crippen LogP contribution in [0, 0.1) is 5.92 Å². The molecule has 3 heteroatoms. The molecule has 2 aliphatic rings. The van der Waals surface area contributed by atoms with E-state index in [4.69, 9.17) is 0 Å². The quantitative estimate of drug-likeness (QED) is 0.226. The Labute approximate surface area is 296 Å². The van der Waals surface area contributed by atoms with E-state index in [-0.39, 0.29) is 36.1 Å². The molecule has 7 rings (SSSR count). The maximum absolute atomic E-state index is 2.48. The van der Waals surface area contributed by atoms with E-state index in [1.165, 1.54) is 66.4 Å². The van der Waals surface area contributed by atoms with Crippen molar-refractivity contribution < 1.29 is 49.5 Å². The topological polar surface area (TPSA) is 0 Å². The third-order valence-corrected chi connectivity index (χ3v) is 11.2. The molecule has 45 heavy (non-hydrogen) atoms. The van der Waals surface area contributed by atoms with Crippen LogP contribution in [-0.2, 0) is 30.1 Å². The van der Waals surface area contributed by atoms with Crippen molar-refractivity contribution in [3.63, 3.8) is 0 Å². The zero-order chi connectivity index (χ0) is 30.0. The molecule has 2 unspecified atom stereocenters. The fraction of sp³-hybridized carbons (Fsp3) is 0.238. The first-order valence-corrected chi connectivity index (χ1v) is 17.1. The Balaban J connectivity index is 0.00000200. The van der Waals surface area contributed by atoms with Gasteiger partial charge < -0.3 is 24.8 Å². The normalized spacial score (nSPS) is 17.1. The van der Waals surface area contributed by atoms with E-state index >= 15 is 0 Å². The van der Waals surface area contributed by atoms with E-state index in [0.29, 0.717) is 9.54 Å². The van der Waals surface area contributed by atoms with Crippen molar-refractivity contribution in [3.8, 4) is 22.3 Å². The Morgan fingerprint density at radius 2 is 1.27 bits per heavy atom. The van der Waals surface area contributed by atoms with Gasteiger partial charge in [-0.25, -0.2) is 0 Å². The number of allylic oxidation sites excluding steroid dienone is 3. The molecule has 0 N–H and O–H groups in total. The molecule has 0 saturated carbocycles. The fourth-order valence-electron chi connectivity index (χ4n) is 7.56. The summed E-state index contributed by atoms with van der Waals surface area (Å²) in [4.78, 5) is 0. The molecule has 0 radical (unpaired) electrons. The summed E-state index contributed by atoms with van der Waals surface area (Å²) in [5.74, 6) is 0.749. The Bertz CT molecular complexity index is 1950. The number of rotatable bonds is 4. The molecule has 2 atom stereocenters. The summed E-state index contributed by atoms with van der Waals surface area (Å²) in [6.07, 6.45) is 2.48. The Morgan fingerprint density at radius 3 is 1.96 bits per heavy atom. The van der Waals surface area contributed by atoms with Crippen LogP contribution >= 0.6 is 0 Å². The molecule has 0 nitrogen and oxygen atoms in total. The number of fused-ring (bicyclic) bond motifs is 3. The maximum atomic E-state index is 2.48. The van der Waals surface area contributed by atoms with Crippen molar-refractivity contribution in [3.05, 3.63) is 142 Å². The molecular formula is C42H39Cl2Zr. The summed E-state index contributed by atoms with van der Waals surface area (Å²) < 4.78 is 0.483. The largest absolute Gasteiger partial charge is 1.00 e. The predicted molar refractivity (Wildman–Crippen MR) is 181 cm³/mol. The number of hydrogen-bond donors (Lipinski definition) is 0. The molecule has 0 spiro atoms. The SMILES string of the molecule is CC1=Cc2c(-c3ccc(C(C)(C)C)cc3)cccc2C1C1=C(C(C)C)[CH]([Zr+2])c2cccc(-c3cccc4ccccc34)c21.[Cl-].[Cl-]. The van der Waals surface area contributed by atoms with Crippen LogP contribution in [0.2, 0.25) is 0 Å². The Hall–Kier alpha value is -2.70. The van der Waals surface area contributed by atoms with Crippen LogP contribution in [0.15, 0.2) is 114 Å². The molecule has 0 aliphatic heterocycles. The average Bonchev–Trinajstić information content (AvgIpc) is 3.49. The van der Waals surface area contributed by atoms with E-state index < -0.39 is 0 Å². The van der Waals surface area contributed by atoms with Gasteiger partial charge in [0.25, 0.3) is 0 Å². The summed E-state index contributed by atoms with van der Waals surface area (Å²) >= 11 is 1.57. The van der Waals surface area contributed by atoms with Gasteiger partial charge in [-0.3, -0.25) is 0 Å². The first-order chi connectivity index (χ1) is 20.6. The van der Waals surface area contributed by atoms with Gasteiger partial charge in [-0.2, -0.15) is 0 Å². The van der Waals surface area contributed by atoms with Crippen molar-refractivity contribution in [2.24, 2.45) is 5.92 Å². The summed E-state index contributed by atoms with van der Waals surface area (Å²) in [6.45, 7) is 14.0. The van der Waals surface area contributed by atoms with E-state index in [2.05, 4.69) is 151 Å². The van der Waals surface area contributed by atoms with Crippen molar-refractivity contribution in [2.75, 3.05) is 0 Å². The van der Waals surface area contributed by atoms with Crippen LogP contribution < -0.4 is 24.8 Å². The minimum absolute atomic E-state index is 0. The van der Waals surface area contributed by atoms with Crippen LogP contribution in [0.1, 0.15) is 78.9 Å². The van der Waals surface area contributed by atoms with E-state index in [9.17, 15) is 0 Å². The second-order valence-electron chi connectivity index (χ2n) is 13.7. The van der Waals surface area contributed by atoms with Crippen LogP contribution in [-0.4, -0.2) is 0 Å². The number of benzene rings is 5. The van der Waals surface area contributed by atoms with Gasteiger partial charge in [0.2, 0.25) is 0 Å². The Kier molecular flexibility index (Phi) is 9.60. The minimum atomic E-state index is 0. The molecule has 0 fully saturated rings. The molecule has 5 aromatic rings. The molecule has 225 valence electrons. The first kappa shape index (κ1) is 33.7. The van der Waals surface area contributed by atoms with Crippen LogP contribution in [0.25, 0.3) is 44.7 Å². The smallest absolute Gasteiger partial charge is 1.00 e. The van der Waals surface area contributed by atoms with Crippen molar-refractivity contribution >= 4 is 22.4 Å². The van der Waals surface area contributed by atoms with Gasteiger partial charge in [0.1, 0.15) is 0 Å². The number of halogens is 2. The third kappa shape index (κ3) is 5.65. The molecule has 0 aromatic heterocycles. The third-order valence-electron chi connectivity index (χ3n) is 9.63. The molecule has 0 bridgehead atoms. The fourth-order valence-corrected chi connectivity index (χ4v) is 9.35. The van der Waals surface area contributed by atoms with Gasteiger partial charge in [-0.15, -0.1) is 0 Å². The average molecular weight is 706 g/mol. The zero-order valence-electron chi connectivity index (χ0n) is 26.9. The zero-order valence-corrected chi connectivity index (χ0v) is 30.9. The van der Waals surface area contributed by atoms with Gasteiger partial charge in [0.15, 0.2) is 0 Å². The van der Waals surface area contributed by atoms with Gasteiger partial charge in [-0.05, 0) is 0 Å². The standard InChI is InChI=1S/C42H39.2ClH.Zr/c1-26(2)37-25-30-14-10-18-35(34-17-9-13-28-12-7-8-15-32(28)34)40(30)41(37)39-27(3)24-38-33(16-11-19-36(38)39)29-20-22-31(23-21-29)42(4,5)6;;;/h7-26,39H,1-6H3;2*1H;/q;;;+2/p-2. The van der Waals surface area contributed by atoms with Gasteiger partial charge >= 0.3 is 253 Å². The first-order valence-electron chi connectivity index (χ1n) is 15.6. The number of hydrogen-bond acceptors (Lipinski definition) is 0. The predicted octanol–water partition coefficient (Wildman–Crippen LogP) is 5.69. The van der Waals surface area contributed by atoms with Crippen LogP contribution in [0.3, 0.4) is 0 Å². The van der Waals surface area contributed by atoms with E-state index in [1.54, 1.807) is 35.9 Å². The van der Waals surface area contributed by atoms with Crippen molar-refractivity contribution in [2.45, 2.75) is 56.5 Å². The second kappa shape index (κ2) is 12.8. The molecule has 5 aromatic carbocycles. The molecule has 2 aliphatic carbocycles.